The van der Waals surface area contributed by atoms with Crippen LogP contribution in [-0.2, 0) is 4.79 Å². The van der Waals surface area contributed by atoms with Gasteiger partial charge in [-0.1, -0.05) is 29.2 Å². The molecule has 26 heavy (non-hydrogen) atoms. The number of anilines is 3. The zero-order chi connectivity index (χ0) is 18.5. The van der Waals surface area contributed by atoms with E-state index < -0.39 is 5.91 Å². The molecular formula is C15H12FN5O2S3. The van der Waals surface area contributed by atoms with Gasteiger partial charge < -0.3 is 16.4 Å². The average molecular weight is 409 g/mol. The van der Waals surface area contributed by atoms with Gasteiger partial charge in [0.05, 0.1) is 11.3 Å². The van der Waals surface area contributed by atoms with Gasteiger partial charge >= 0.3 is 0 Å². The number of hydrogen-bond acceptors (Lipinski definition) is 8. The number of thiophene rings is 1. The number of carbonyl (C=O) groups excluding carboxylic acids is 2. The molecule has 2 heterocycles. The summed E-state index contributed by atoms with van der Waals surface area (Å²) in [5.74, 6) is -1.12. The van der Waals surface area contributed by atoms with Crippen molar-refractivity contribution < 1.29 is 14.0 Å². The summed E-state index contributed by atoms with van der Waals surface area (Å²) in [6.07, 6.45) is 0. The maximum atomic E-state index is 13.2. The summed E-state index contributed by atoms with van der Waals surface area (Å²) in [6.45, 7) is 0. The molecule has 2 amide bonds. The molecule has 0 spiro atoms. The van der Waals surface area contributed by atoms with Gasteiger partial charge in [0.15, 0.2) is 4.34 Å². The number of nitrogens with zero attached hydrogens (tertiary/aromatic N) is 2. The van der Waals surface area contributed by atoms with Crippen LogP contribution in [0.15, 0.2) is 40.1 Å². The predicted molar refractivity (Wildman–Crippen MR) is 102 cm³/mol. The van der Waals surface area contributed by atoms with Crippen LogP contribution in [0.1, 0.15) is 10.4 Å². The van der Waals surface area contributed by atoms with E-state index in [-0.39, 0.29) is 23.0 Å². The predicted octanol–water partition coefficient (Wildman–Crippen LogP) is 3.31. The van der Waals surface area contributed by atoms with Crippen LogP contribution in [0.25, 0.3) is 0 Å². The molecule has 0 saturated heterocycles. The van der Waals surface area contributed by atoms with Crippen molar-refractivity contribution in [3.63, 3.8) is 0 Å². The molecule has 134 valence electrons. The topological polar surface area (TPSA) is 110 Å². The molecule has 1 aromatic carbocycles. The third-order valence-corrected chi connectivity index (χ3v) is 5.79. The smallest absolute Gasteiger partial charge is 0.251 e. The SMILES string of the molecule is NC(=O)c1ccsc1NC(=O)CSc1nnc(Nc2cccc(F)c2)s1. The lowest BCUT2D eigenvalue weighted by Gasteiger charge is -2.03. The molecule has 4 N–H and O–H groups in total. The molecule has 0 aliphatic rings. The highest BCUT2D eigenvalue weighted by Gasteiger charge is 2.14. The monoisotopic (exact) mass is 409 g/mol. The normalized spacial score (nSPS) is 10.5. The van der Waals surface area contributed by atoms with Crippen LogP contribution in [0.3, 0.4) is 0 Å². The Morgan fingerprint density at radius 1 is 1.27 bits per heavy atom. The van der Waals surface area contributed by atoms with Gasteiger partial charge in [-0.25, -0.2) is 4.39 Å². The molecule has 0 radical (unpaired) electrons. The highest BCUT2D eigenvalue weighted by Crippen LogP contribution is 2.28. The Balaban J connectivity index is 1.53. The van der Waals surface area contributed by atoms with Gasteiger partial charge in [0.2, 0.25) is 11.0 Å². The van der Waals surface area contributed by atoms with Crippen LogP contribution < -0.4 is 16.4 Å². The Hall–Kier alpha value is -2.50. The summed E-state index contributed by atoms with van der Waals surface area (Å²) in [7, 11) is 0. The number of primary amides is 1. The van der Waals surface area contributed by atoms with Crippen LogP contribution in [-0.4, -0.2) is 27.8 Å². The number of benzene rings is 1. The second-order valence-corrected chi connectivity index (χ2v) is 7.99. The number of thioether (sulfide) groups is 1. The highest BCUT2D eigenvalue weighted by molar-refractivity contribution is 8.01. The minimum Gasteiger partial charge on any atom is -0.366 e. The molecule has 11 heteroatoms. The summed E-state index contributed by atoms with van der Waals surface area (Å²) in [6, 6.07) is 7.55. The minimum absolute atomic E-state index is 0.102. The van der Waals surface area contributed by atoms with E-state index in [0.29, 0.717) is 20.2 Å². The fraction of sp³-hybridized carbons (Fsp3) is 0.0667. The van der Waals surface area contributed by atoms with Gasteiger partial charge in [0.25, 0.3) is 5.91 Å². The van der Waals surface area contributed by atoms with Gasteiger partial charge in [0, 0.05) is 5.69 Å². The largest absolute Gasteiger partial charge is 0.366 e. The maximum Gasteiger partial charge on any atom is 0.251 e. The van der Waals surface area contributed by atoms with E-state index >= 15 is 0 Å². The molecule has 0 unspecified atom stereocenters. The van der Waals surface area contributed by atoms with Gasteiger partial charge in [0.1, 0.15) is 10.8 Å². The zero-order valence-corrected chi connectivity index (χ0v) is 15.5. The maximum absolute atomic E-state index is 13.2. The fourth-order valence-corrected chi connectivity index (χ4v) is 4.28. The molecule has 7 nitrogen and oxygen atoms in total. The zero-order valence-electron chi connectivity index (χ0n) is 13.1. The summed E-state index contributed by atoms with van der Waals surface area (Å²) in [5, 5.41) is 16.1. The van der Waals surface area contributed by atoms with Crippen molar-refractivity contribution in [3.8, 4) is 0 Å². The van der Waals surface area contributed by atoms with E-state index in [9.17, 15) is 14.0 Å². The first kappa shape index (κ1) is 18.3. The Morgan fingerprint density at radius 2 is 2.12 bits per heavy atom. The highest BCUT2D eigenvalue weighted by atomic mass is 32.2. The van der Waals surface area contributed by atoms with Gasteiger partial charge in [-0.2, -0.15) is 0 Å². The molecule has 0 aliphatic heterocycles. The summed E-state index contributed by atoms with van der Waals surface area (Å²) in [4.78, 5) is 23.3. The summed E-state index contributed by atoms with van der Waals surface area (Å²) < 4.78 is 13.8. The van der Waals surface area contributed by atoms with E-state index in [1.54, 1.807) is 23.6 Å². The van der Waals surface area contributed by atoms with Crippen LogP contribution in [0, 0.1) is 5.82 Å². The first-order chi connectivity index (χ1) is 12.5. The Labute approximate surface area is 159 Å². The molecular weight excluding hydrogens is 397 g/mol. The molecule has 0 aliphatic carbocycles. The van der Waals surface area contributed by atoms with Gasteiger partial charge in [-0.3, -0.25) is 9.59 Å². The van der Waals surface area contributed by atoms with E-state index in [4.69, 9.17) is 5.73 Å². The first-order valence-corrected chi connectivity index (χ1v) is 9.85. The van der Waals surface area contributed by atoms with E-state index in [1.807, 2.05) is 0 Å². The van der Waals surface area contributed by atoms with Crippen molar-refractivity contribution in [1.29, 1.82) is 0 Å². The third-order valence-electron chi connectivity index (χ3n) is 2.99. The van der Waals surface area contributed by atoms with Crippen LogP contribution in [0.5, 0.6) is 0 Å². The van der Waals surface area contributed by atoms with E-state index in [2.05, 4.69) is 20.8 Å². The van der Waals surface area contributed by atoms with Crippen LogP contribution in [0.2, 0.25) is 0 Å². The number of nitrogens with one attached hydrogen (secondary N) is 2. The second kappa shape index (κ2) is 8.25. The van der Waals surface area contributed by atoms with Crippen molar-refractivity contribution >= 4 is 62.1 Å². The molecule has 2 aromatic heterocycles. The summed E-state index contributed by atoms with van der Waals surface area (Å²) >= 11 is 3.68. The van der Waals surface area contributed by atoms with Gasteiger partial charge in [-0.05, 0) is 29.6 Å². The molecule has 3 aromatic rings. The Morgan fingerprint density at radius 3 is 2.88 bits per heavy atom. The fourth-order valence-electron chi connectivity index (χ4n) is 1.90. The lowest BCUT2D eigenvalue weighted by Crippen LogP contribution is -2.17. The van der Waals surface area contributed by atoms with Crippen LogP contribution >= 0.6 is 34.4 Å². The lowest BCUT2D eigenvalue weighted by molar-refractivity contribution is -0.113. The molecule has 0 saturated carbocycles. The van der Waals surface area contributed by atoms with Crippen molar-refractivity contribution in [2.75, 3.05) is 16.4 Å². The van der Waals surface area contributed by atoms with Crippen molar-refractivity contribution in [2.24, 2.45) is 5.73 Å². The number of rotatable bonds is 7. The summed E-state index contributed by atoms with van der Waals surface area (Å²) in [5.41, 5.74) is 6.08. The van der Waals surface area contributed by atoms with E-state index in [1.165, 1.54) is 46.6 Å². The minimum atomic E-state index is -0.591. The number of carbonyl (C=O) groups is 2. The third kappa shape index (κ3) is 4.77. The average Bonchev–Trinajstić information content (AvgIpc) is 3.22. The van der Waals surface area contributed by atoms with Gasteiger partial charge in [-0.15, -0.1) is 21.5 Å². The lowest BCUT2D eigenvalue weighted by atomic mass is 10.3. The van der Waals surface area contributed by atoms with Crippen LogP contribution in [0.4, 0.5) is 20.2 Å². The number of amides is 2. The van der Waals surface area contributed by atoms with Crippen molar-refractivity contribution in [2.45, 2.75) is 4.34 Å². The second-order valence-electron chi connectivity index (χ2n) is 4.87. The molecule has 0 atom stereocenters. The van der Waals surface area contributed by atoms with Crippen molar-refractivity contribution in [3.05, 3.63) is 47.1 Å². The molecule has 3 rings (SSSR count). The van der Waals surface area contributed by atoms with Crippen molar-refractivity contribution in [1.82, 2.24) is 10.2 Å². The number of nitrogens with two attached hydrogens (primary N) is 1. The number of halogens is 1. The molecule has 0 bridgehead atoms. The Kier molecular flexibility index (Phi) is 5.81. The first-order valence-electron chi connectivity index (χ1n) is 7.17. The number of hydrogen-bond donors (Lipinski definition) is 3. The Bertz CT molecular complexity index is 943. The quantitative estimate of drug-likeness (QED) is 0.517. The van der Waals surface area contributed by atoms with E-state index in [0.717, 1.165) is 0 Å². The number of aromatic nitrogens is 2. The molecule has 0 fully saturated rings. The standard InChI is InChI=1S/C15H12FN5O2S3/c16-8-2-1-3-9(6-8)18-14-20-21-15(26-14)25-7-11(22)19-13-10(12(17)23)4-5-24-13/h1-6H,7H2,(H2,17,23)(H,18,20)(H,19,22).